The largest absolute Gasteiger partial charge is 0.508 e. The fraction of sp³-hybridized carbons (Fsp3) is 0.222. The molecule has 0 saturated carbocycles. The van der Waals surface area contributed by atoms with E-state index in [0.717, 1.165) is 35.5 Å². The van der Waals surface area contributed by atoms with Crippen molar-refractivity contribution in [2.24, 2.45) is 0 Å². The van der Waals surface area contributed by atoms with E-state index in [1.165, 1.54) is 24.2 Å². The second-order valence-electron chi connectivity index (χ2n) is 8.25. The number of aromatic hydroxyl groups is 2. The third-order valence-electron chi connectivity index (χ3n) is 6.04. The van der Waals surface area contributed by atoms with Crippen LogP contribution in [-0.4, -0.2) is 47.1 Å². The molecular formula is C27H25NO4S. The van der Waals surface area contributed by atoms with Crippen LogP contribution in [0.15, 0.2) is 66.7 Å². The molecule has 0 amide bonds. The highest BCUT2D eigenvalue weighted by atomic mass is 32.1. The number of hydrogen-bond donors (Lipinski definition) is 2. The first-order chi connectivity index (χ1) is 16.1. The van der Waals surface area contributed by atoms with E-state index in [2.05, 4.69) is 4.90 Å². The van der Waals surface area contributed by atoms with Crippen molar-refractivity contribution in [2.75, 3.05) is 26.2 Å². The van der Waals surface area contributed by atoms with Crippen LogP contribution in [0.25, 0.3) is 20.5 Å². The smallest absolute Gasteiger partial charge is 0.195 e. The molecule has 5 nitrogen and oxygen atoms in total. The van der Waals surface area contributed by atoms with E-state index in [0.29, 0.717) is 28.2 Å². The average molecular weight is 460 g/mol. The first kappa shape index (κ1) is 21.5. The van der Waals surface area contributed by atoms with Gasteiger partial charge in [0.05, 0.1) is 4.88 Å². The van der Waals surface area contributed by atoms with Gasteiger partial charge in [0.2, 0.25) is 0 Å². The van der Waals surface area contributed by atoms with Crippen LogP contribution in [0.3, 0.4) is 0 Å². The lowest BCUT2D eigenvalue weighted by molar-refractivity contribution is 0.104. The predicted molar refractivity (Wildman–Crippen MR) is 132 cm³/mol. The predicted octanol–water partition coefficient (Wildman–Crippen LogP) is 5.69. The molecule has 2 N–H and O–H groups in total. The summed E-state index contributed by atoms with van der Waals surface area (Å²) in [4.78, 5) is 16.7. The Labute approximate surface area is 196 Å². The van der Waals surface area contributed by atoms with Gasteiger partial charge in [0.15, 0.2) is 5.78 Å². The molecule has 0 unspecified atom stereocenters. The molecule has 0 bridgehead atoms. The molecule has 168 valence electrons. The number of rotatable bonds is 7. The molecule has 6 heteroatoms. The summed E-state index contributed by atoms with van der Waals surface area (Å²) in [6.45, 7) is 3.83. The normalized spacial score (nSPS) is 14.1. The van der Waals surface area contributed by atoms with Gasteiger partial charge >= 0.3 is 0 Å². The van der Waals surface area contributed by atoms with Gasteiger partial charge in [0, 0.05) is 33.3 Å². The van der Waals surface area contributed by atoms with Gasteiger partial charge in [-0.25, -0.2) is 0 Å². The van der Waals surface area contributed by atoms with Gasteiger partial charge in [-0.2, -0.15) is 0 Å². The molecule has 1 fully saturated rings. The number of phenolic OH excluding ortho intramolecular Hbond substituents is 2. The van der Waals surface area contributed by atoms with Gasteiger partial charge in [-0.15, -0.1) is 11.3 Å². The Kier molecular flexibility index (Phi) is 6.03. The lowest BCUT2D eigenvalue weighted by Crippen LogP contribution is -2.25. The number of nitrogens with zero attached hydrogens (tertiary/aromatic N) is 1. The molecular weight excluding hydrogens is 434 g/mol. The van der Waals surface area contributed by atoms with E-state index < -0.39 is 0 Å². The second-order valence-corrected chi connectivity index (χ2v) is 9.31. The fourth-order valence-electron chi connectivity index (χ4n) is 4.31. The number of hydrogen-bond acceptors (Lipinski definition) is 6. The Balaban J connectivity index is 1.44. The van der Waals surface area contributed by atoms with Gasteiger partial charge in [-0.05, 0) is 80.5 Å². The summed E-state index contributed by atoms with van der Waals surface area (Å²) in [6.07, 6.45) is 2.52. The van der Waals surface area contributed by atoms with Crippen LogP contribution in [0.1, 0.15) is 28.8 Å². The van der Waals surface area contributed by atoms with Crippen molar-refractivity contribution in [3.05, 3.63) is 77.9 Å². The van der Waals surface area contributed by atoms with Crippen LogP contribution in [0.4, 0.5) is 0 Å². The lowest BCUT2D eigenvalue weighted by atomic mass is 9.97. The molecule has 1 aliphatic heterocycles. The molecule has 1 saturated heterocycles. The van der Waals surface area contributed by atoms with Gasteiger partial charge in [-0.1, -0.05) is 12.1 Å². The van der Waals surface area contributed by atoms with Crippen LogP contribution in [0.2, 0.25) is 0 Å². The summed E-state index contributed by atoms with van der Waals surface area (Å²) < 4.78 is 6.66. The lowest BCUT2D eigenvalue weighted by Gasteiger charge is -2.15. The third kappa shape index (κ3) is 4.45. The van der Waals surface area contributed by atoms with E-state index >= 15 is 0 Å². The summed E-state index contributed by atoms with van der Waals surface area (Å²) in [5, 5.41) is 21.1. The molecule has 1 aromatic heterocycles. The van der Waals surface area contributed by atoms with E-state index in [1.54, 1.807) is 48.5 Å². The Hall–Kier alpha value is -3.35. The summed E-state index contributed by atoms with van der Waals surface area (Å²) in [6, 6.07) is 19.2. The third-order valence-corrected chi connectivity index (χ3v) is 7.23. The summed E-state index contributed by atoms with van der Waals surface area (Å²) in [5.41, 5.74) is 1.67. The monoisotopic (exact) mass is 459 g/mol. The maximum atomic E-state index is 13.6. The minimum atomic E-state index is -0.131. The minimum Gasteiger partial charge on any atom is -0.508 e. The quantitative estimate of drug-likeness (QED) is 0.348. The van der Waals surface area contributed by atoms with Crippen LogP contribution in [0.5, 0.6) is 17.2 Å². The molecule has 0 atom stereocenters. The number of fused-ring (bicyclic) bond motifs is 1. The van der Waals surface area contributed by atoms with Gasteiger partial charge < -0.3 is 14.9 Å². The fourth-order valence-corrected chi connectivity index (χ4v) is 5.58. The second kappa shape index (κ2) is 9.25. The van der Waals surface area contributed by atoms with Crippen molar-refractivity contribution in [1.29, 1.82) is 0 Å². The van der Waals surface area contributed by atoms with E-state index in [9.17, 15) is 15.0 Å². The Morgan fingerprint density at radius 3 is 2.48 bits per heavy atom. The van der Waals surface area contributed by atoms with Gasteiger partial charge in [-0.3, -0.25) is 9.69 Å². The molecule has 4 aromatic rings. The number of benzene rings is 3. The average Bonchev–Trinajstić information content (AvgIpc) is 3.47. The molecule has 5 rings (SSSR count). The van der Waals surface area contributed by atoms with Crippen molar-refractivity contribution in [1.82, 2.24) is 4.90 Å². The molecule has 0 aliphatic carbocycles. The number of phenols is 2. The molecule has 3 aromatic carbocycles. The SMILES string of the molecule is O=C(c1ccc(OCCN2CCCC2)cc1)c1c(-c2ccccc2O)sc2cc(O)ccc12. The Morgan fingerprint density at radius 1 is 0.970 bits per heavy atom. The zero-order valence-electron chi connectivity index (χ0n) is 18.2. The van der Waals surface area contributed by atoms with E-state index in [4.69, 9.17) is 4.74 Å². The van der Waals surface area contributed by atoms with E-state index in [1.807, 2.05) is 18.2 Å². The highest BCUT2D eigenvalue weighted by molar-refractivity contribution is 7.22. The van der Waals surface area contributed by atoms with Crippen LogP contribution < -0.4 is 4.74 Å². The van der Waals surface area contributed by atoms with Crippen LogP contribution in [0, 0.1) is 0 Å². The number of likely N-dealkylation sites (tertiary alicyclic amines) is 1. The summed E-state index contributed by atoms with van der Waals surface area (Å²) >= 11 is 1.38. The highest BCUT2D eigenvalue weighted by Crippen LogP contribution is 2.43. The van der Waals surface area contributed by atoms with Crippen molar-refractivity contribution in [3.8, 4) is 27.7 Å². The van der Waals surface area contributed by atoms with Crippen LogP contribution in [-0.2, 0) is 0 Å². The molecule has 2 heterocycles. The molecule has 0 radical (unpaired) electrons. The molecule has 1 aliphatic rings. The first-order valence-corrected chi connectivity index (χ1v) is 12.0. The highest BCUT2D eigenvalue weighted by Gasteiger charge is 2.23. The standard InChI is InChI=1S/C27H25NO4S/c29-19-9-12-22-24(17-19)33-27(21-5-1-2-6-23(21)30)25(22)26(31)18-7-10-20(11-8-18)32-16-15-28-13-3-4-14-28/h1-2,5-12,17,29-30H,3-4,13-16H2. The van der Waals surface area contributed by atoms with Crippen molar-refractivity contribution in [2.45, 2.75) is 12.8 Å². The van der Waals surface area contributed by atoms with Crippen molar-refractivity contribution in [3.63, 3.8) is 0 Å². The zero-order valence-corrected chi connectivity index (χ0v) is 19.0. The van der Waals surface area contributed by atoms with E-state index in [-0.39, 0.29) is 17.3 Å². The maximum Gasteiger partial charge on any atom is 0.195 e. The first-order valence-electron chi connectivity index (χ1n) is 11.1. The van der Waals surface area contributed by atoms with Crippen molar-refractivity contribution < 1.29 is 19.7 Å². The number of ether oxygens (including phenoxy) is 1. The van der Waals surface area contributed by atoms with Gasteiger partial charge in [0.1, 0.15) is 23.9 Å². The minimum absolute atomic E-state index is 0.115. The van der Waals surface area contributed by atoms with Gasteiger partial charge in [0.25, 0.3) is 0 Å². The van der Waals surface area contributed by atoms with Crippen LogP contribution >= 0.6 is 11.3 Å². The Morgan fingerprint density at radius 2 is 1.73 bits per heavy atom. The zero-order chi connectivity index (χ0) is 22.8. The number of carbonyl (C=O) groups excluding carboxylic acids is 1. The van der Waals surface area contributed by atoms with Crippen molar-refractivity contribution >= 4 is 27.2 Å². The number of carbonyl (C=O) groups is 1. The Bertz CT molecular complexity index is 1290. The summed E-state index contributed by atoms with van der Waals surface area (Å²) in [7, 11) is 0. The maximum absolute atomic E-state index is 13.6. The summed E-state index contributed by atoms with van der Waals surface area (Å²) in [5.74, 6) is 0.867. The molecule has 0 spiro atoms. The number of thiophene rings is 1. The molecule has 33 heavy (non-hydrogen) atoms. The topological polar surface area (TPSA) is 70.0 Å². The number of para-hydroxylation sites is 1. The number of ketones is 1.